The molecule has 0 aromatic heterocycles. The van der Waals surface area contributed by atoms with E-state index in [9.17, 15) is 18.0 Å². The van der Waals surface area contributed by atoms with Gasteiger partial charge in [0.1, 0.15) is 0 Å². The number of benzene rings is 2. The van der Waals surface area contributed by atoms with Gasteiger partial charge in [-0.05, 0) is 42.9 Å². The fourth-order valence-corrected chi connectivity index (χ4v) is 3.16. The molecule has 144 valence electrons. The van der Waals surface area contributed by atoms with Crippen LogP contribution in [0.4, 0.5) is 29.3 Å². The Bertz CT molecular complexity index is 844. The van der Waals surface area contributed by atoms with Crippen LogP contribution in [0.25, 0.3) is 0 Å². The van der Waals surface area contributed by atoms with Crippen LogP contribution in [0.3, 0.4) is 0 Å². The maximum atomic E-state index is 12.9. The molecule has 5 nitrogen and oxygen atoms in total. The van der Waals surface area contributed by atoms with E-state index in [1.54, 1.807) is 6.07 Å². The average molecular weight is 399 g/mol. The number of hydrogen-bond donors (Lipinski definition) is 3. The molecular formula is C18H18ClF3N4O. The summed E-state index contributed by atoms with van der Waals surface area (Å²) < 4.78 is 38.7. The Kier molecular flexibility index (Phi) is 5.59. The molecule has 0 bridgehead atoms. The van der Waals surface area contributed by atoms with E-state index >= 15 is 0 Å². The summed E-state index contributed by atoms with van der Waals surface area (Å²) in [7, 11) is 2.00. The number of alkyl halides is 3. The van der Waals surface area contributed by atoms with Crippen molar-refractivity contribution in [3.63, 3.8) is 0 Å². The van der Waals surface area contributed by atoms with Crippen LogP contribution >= 0.6 is 11.6 Å². The SMILES string of the molecule is CN1CCNC1c1cccc(NC(=O)Nc2ccc(Cl)c(C(F)(F)F)c2)c1. The number of rotatable bonds is 3. The van der Waals surface area contributed by atoms with Crippen molar-refractivity contribution in [2.75, 3.05) is 30.8 Å². The number of carbonyl (C=O) groups excluding carboxylic acids is 1. The fourth-order valence-electron chi connectivity index (χ4n) is 2.94. The number of hydrogen-bond acceptors (Lipinski definition) is 3. The first kappa shape index (κ1) is 19.5. The molecule has 3 rings (SSSR count). The molecule has 2 aromatic rings. The van der Waals surface area contributed by atoms with Crippen LogP contribution in [-0.4, -0.2) is 31.1 Å². The number of urea groups is 1. The normalized spacial score (nSPS) is 17.7. The molecule has 2 amide bonds. The zero-order valence-corrected chi connectivity index (χ0v) is 15.2. The van der Waals surface area contributed by atoms with E-state index in [4.69, 9.17) is 11.6 Å². The minimum atomic E-state index is -4.60. The first-order valence-electron chi connectivity index (χ1n) is 8.22. The van der Waals surface area contributed by atoms with Gasteiger partial charge in [-0.1, -0.05) is 23.7 Å². The molecule has 3 N–H and O–H groups in total. The van der Waals surface area contributed by atoms with Crippen LogP contribution in [0.15, 0.2) is 42.5 Å². The van der Waals surface area contributed by atoms with Crippen LogP contribution < -0.4 is 16.0 Å². The summed E-state index contributed by atoms with van der Waals surface area (Å²) in [6, 6.07) is 9.85. The molecule has 0 spiro atoms. The Hall–Kier alpha value is -2.29. The highest BCUT2D eigenvalue weighted by molar-refractivity contribution is 6.31. The van der Waals surface area contributed by atoms with Gasteiger partial charge in [0, 0.05) is 24.5 Å². The Morgan fingerprint density at radius 3 is 2.52 bits per heavy atom. The molecule has 0 radical (unpaired) electrons. The summed E-state index contributed by atoms with van der Waals surface area (Å²) in [6.07, 6.45) is -4.54. The van der Waals surface area contributed by atoms with Gasteiger partial charge in [0.05, 0.1) is 16.8 Å². The molecule has 27 heavy (non-hydrogen) atoms. The summed E-state index contributed by atoms with van der Waals surface area (Å²) in [5.74, 6) is 0. The van der Waals surface area contributed by atoms with Crippen LogP contribution in [-0.2, 0) is 6.18 Å². The van der Waals surface area contributed by atoms with E-state index in [1.807, 2.05) is 25.2 Å². The summed E-state index contributed by atoms with van der Waals surface area (Å²) in [5, 5.41) is 7.95. The number of halogens is 4. The second kappa shape index (κ2) is 7.75. The number of amides is 2. The maximum Gasteiger partial charge on any atom is 0.417 e. The largest absolute Gasteiger partial charge is 0.417 e. The van der Waals surface area contributed by atoms with Crippen LogP contribution in [0.2, 0.25) is 5.02 Å². The number of likely N-dealkylation sites (N-methyl/N-ethyl adjacent to an activating group) is 1. The van der Waals surface area contributed by atoms with Gasteiger partial charge in [-0.25, -0.2) is 4.79 Å². The van der Waals surface area contributed by atoms with Crippen LogP contribution in [0, 0.1) is 0 Å². The van der Waals surface area contributed by atoms with Crippen molar-refractivity contribution in [3.05, 3.63) is 58.6 Å². The average Bonchev–Trinajstić information content (AvgIpc) is 3.02. The fraction of sp³-hybridized carbons (Fsp3) is 0.278. The standard InChI is InChI=1S/C18H18ClF3N4O/c1-26-8-7-23-16(26)11-3-2-4-12(9-11)24-17(27)25-13-5-6-15(19)14(10-13)18(20,21)22/h2-6,9-10,16,23H,7-8H2,1H3,(H2,24,25,27). The van der Waals surface area contributed by atoms with Crippen molar-refractivity contribution >= 4 is 29.0 Å². The van der Waals surface area contributed by atoms with E-state index < -0.39 is 22.8 Å². The zero-order valence-electron chi connectivity index (χ0n) is 14.4. The Morgan fingerprint density at radius 1 is 1.19 bits per heavy atom. The van der Waals surface area contributed by atoms with E-state index in [2.05, 4.69) is 20.9 Å². The summed E-state index contributed by atoms with van der Waals surface area (Å²) in [5.41, 5.74) is 0.521. The Morgan fingerprint density at radius 2 is 1.89 bits per heavy atom. The molecule has 0 saturated carbocycles. The van der Waals surface area contributed by atoms with Gasteiger partial charge in [0.25, 0.3) is 0 Å². The van der Waals surface area contributed by atoms with Crippen molar-refractivity contribution < 1.29 is 18.0 Å². The van der Waals surface area contributed by atoms with E-state index in [0.717, 1.165) is 30.8 Å². The Balaban J connectivity index is 1.70. The second-order valence-corrected chi connectivity index (χ2v) is 6.64. The number of carbonyl (C=O) groups is 1. The third-order valence-electron chi connectivity index (χ3n) is 4.23. The number of nitrogens with one attached hydrogen (secondary N) is 3. The first-order chi connectivity index (χ1) is 12.7. The summed E-state index contributed by atoms with van der Waals surface area (Å²) in [6.45, 7) is 1.79. The van der Waals surface area contributed by atoms with Crippen LogP contribution in [0.5, 0.6) is 0 Å². The minimum absolute atomic E-state index is 0.00225. The molecule has 9 heteroatoms. The highest BCUT2D eigenvalue weighted by atomic mass is 35.5. The number of nitrogens with zero attached hydrogens (tertiary/aromatic N) is 1. The number of anilines is 2. The van der Waals surface area contributed by atoms with Crippen molar-refractivity contribution in [1.82, 2.24) is 10.2 Å². The minimum Gasteiger partial charge on any atom is -0.308 e. The zero-order chi connectivity index (χ0) is 19.6. The molecule has 1 fully saturated rings. The van der Waals surface area contributed by atoms with Gasteiger partial charge >= 0.3 is 12.2 Å². The Labute approximate surface area is 159 Å². The van der Waals surface area contributed by atoms with Gasteiger partial charge in [-0.3, -0.25) is 10.2 Å². The molecule has 1 aliphatic heterocycles. The van der Waals surface area contributed by atoms with Gasteiger partial charge in [-0.15, -0.1) is 0 Å². The maximum absolute atomic E-state index is 12.9. The third-order valence-corrected chi connectivity index (χ3v) is 4.56. The van der Waals surface area contributed by atoms with Gasteiger partial charge in [-0.2, -0.15) is 13.2 Å². The monoisotopic (exact) mass is 398 g/mol. The molecule has 1 unspecified atom stereocenters. The molecule has 1 atom stereocenters. The van der Waals surface area contributed by atoms with E-state index in [-0.39, 0.29) is 11.9 Å². The second-order valence-electron chi connectivity index (χ2n) is 6.23. The van der Waals surface area contributed by atoms with Crippen molar-refractivity contribution in [2.24, 2.45) is 0 Å². The van der Waals surface area contributed by atoms with Gasteiger partial charge in [0.2, 0.25) is 0 Å². The van der Waals surface area contributed by atoms with Crippen molar-refractivity contribution in [1.29, 1.82) is 0 Å². The van der Waals surface area contributed by atoms with Crippen molar-refractivity contribution in [3.8, 4) is 0 Å². The molecular weight excluding hydrogens is 381 g/mol. The lowest BCUT2D eigenvalue weighted by molar-refractivity contribution is -0.137. The molecule has 2 aromatic carbocycles. The van der Waals surface area contributed by atoms with E-state index in [0.29, 0.717) is 5.69 Å². The quantitative estimate of drug-likeness (QED) is 0.711. The summed E-state index contributed by atoms with van der Waals surface area (Å²) in [4.78, 5) is 14.3. The smallest absolute Gasteiger partial charge is 0.308 e. The highest BCUT2D eigenvalue weighted by Crippen LogP contribution is 2.36. The third kappa shape index (κ3) is 4.71. The van der Waals surface area contributed by atoms with Crippen LogP contribution in [0.1, 0.15) is 17.3 Å². The summed E-state index contributed by atoms with van der Waals surface area (Å²) >= 11 is 5.58. The van der Waals surface area contributed by atoms with Crippen molar-refractivity contribution in [2.45, 2.75) is 12.3 Å². The highest BCUT2D eigenvalue weighted by Gasteiger charge is 2.33. The predicted octanol–water partition coefficient (Wildman–Crippen LogP) is 4.54. The van der Waals surface area contributed by atoms with E-state index in [1.165, 1.54) is 6.07 Å². The van der Waals surface area contributed by atoms with Gasteiger partial charge in [0.15, 0.2) is 0 Å². The lowest BCUT2D eigenvalue weighted by atomic mass is 10.1. The molecule has 1 aliphatic rings. The molecule has 1 heterocycles. The predicted molar refractivity (Wildman–Crippen MR) is 98.9 cm³/mol. The van der Waals surface area contributed by atoms with Gasteiger partial charge < -0.3 is 10.6 Å². The lowest BCUT2D eigenvalue weighted by Gasteiger charge is -2.20. The lowest BCUT2D eigenvalue weighted by Crippen LogP contribution is -2.24. The first-order valence-corrected chi connectivity index (χ1v) is 8.60. The molecule has 0 aliphatic carbocycles. The molecule has 1 saturated heterocycles. The topological polar surface area (TPSA) is 56.4 Å².